The van der Waals surface area contributed by atoms with Crippen molar-refractivity contribution in [3.05, 3.63) is 9.85 Å². The number of halogens is 1. The van der Waals surface area contributed by atoms with Crippen LogP contribution in [0.15, 0.2) is 5.38 Å². The third-order valence-electron chi connectivity index (χ3n) is 1.39. The number of anilines is 1. The molecule has 0 bridgehead atoms. The van der Waals surface area contributed by atoms with Gasteiger partial charge in [-0.3, -0.25) is 0 Å². The Balaban J connectivity index is 2.58. The third-order valence-corrected chi connectivity index (χ3v) is 2.36. The lowest BCUT2D eigenvalue weighted by Crippen LogP contribution is -2.26. The fourth-order valence-electron chi connectivity index (χ4n) is 0.909. The van der Waals surface area contributed by atoms with Crippen LogP contribution in [0.5, 0.6) is 0 Å². The predicted octanol–water partition coefficient (Wildman–Crippen LogP) is 1.61. The van der Waals surface area contributed by atoms with Crippen molar-refractivity contribution in [2.24, 2.45) is 0 Å². The normalized spacial score (nSPS) is 13.0. The van der Waals surface area contributed by atoms with Gasteiger partial charge in [0.25, 0.3) is 0 Å². The minimum absolute atomic E-state index is 0.351. The van der Waals surface area contributed by atoms with Crippen LogP contribution in [0.25, 0.3) is 0 Å². The number of aromatic nitrogens is 1. The number of aliphatic hydroxyl groups is 1. The molecule has 0 unspecified atom stereocenters. The molecule has 5 heteroatoms. The van der Waals surface area contributed by atoms with Crippen molar-refractivity contribution in [2.45, 2.75) is 13.0 Å². The number of rotatable bonds is 3. The molecule has 1 atom stereocenters. The molecule has 12 heavy (non-hydrogen) atoms. The lowest BCUT2D eigenvalue weighted by molar-refractivity contribution is 0.201. The van der Waals surface area contributed by atoms with Crippen molar-refractivity contribution in [1.29, 1.82) is 0 Å². The molecule has 1 N–H and O–H groups in total. The summed E-state index contributed by atoms with van der Waals surface area (Å²) in [6, 6.07) is 0. The summed E-state index contributed by atoms with van der Waals surface area (Å²) >= 11 is 7.05. The maximum absolute atomic E-state index is 9.09. The summed E-state index contributed by atoms with van der Waals surface area (Å²) in [5, 5.41) is 11.0. The maximum atomic E-state index is 9.09. The molecule has 1 rings (SSSR count). The number of nitrogens with zero attached hydrogens (tertiary/aromatic N) is 2. The first kappa shape index (κ1) is 9.77. The second kappa shape index (κ2) is 4.07. The number of hydrogen-bond donors (Lipinski definition) is 1. The molecule has 1 aromatic heterocycles. The molecule has 1 aromatic rings. The summed E-state index contributed by atoms with van der Waals surface area (Å²) in [5.74, 6) is 0.811. The van der Waals surface area contributed by atoms with Gasteiger partial charge in [-0.25, -0.2) is 4.98 Å². The van der Waals surface area contributed by atoms with Crippen molar-refractivity contribution in [3.63, 3.8) is 0 Å². The average molecular weight is 207 g/mol. The van der Waals surface area contributed by atoms with Crippen LogP contribution in [-0.4, -0.2) is 29.8 Å². The molecule has 68 valence electrons. The highest BCUT2D eigenvalue weighted by atomic mass is 35.5. The third kappa shape index (κ3) is 2.62. The van der Waals surface area contributed by atoms with Crippen molar-refractivity contribution < 1.29 is 5.11 Å². The van der Waals surface area contributed by atoms with E-state index in [0.29, 0.717) is 11.0 Å². The van der Waals surface area contributed by atoms with E-state index in [2.05, 4.69) is 4.98 Å². The first-order valence-electron chi connectivity index (χ1n) is 3.60. The molecule has 0 saturated carbocycles. The van der Waals surface area contributed by atoms with Crippen LogP contribution >= 0.6 is 22.9 Å². The van der Waals surface area contributed by atoms with Crippen LogP contribution in [0.3, 0.4) is 0 Å². The minimum atomic E-state index is -0.351. The quantitative estimate of drug-likeness (QED) is 0.817. The Hall–Kier alpha value is -0.320. The van der Waals surface area contributed by atoms with E-state index >= 15 is 0 Å². The van der Waals surface area contributed by atoms with Crippen LogP contribution in [0.4, 0.5) is 5.82 Å². The van der Waals surface area contributed by atoms with Crippen molar-refractivity contribution in [3.8, 4) is 0 Å². The van der Waals surface area contributed by atoms with E-state index in [-0.39, 0.29) is 6.10 Å². The topological polar surface area (TPSA) is 36.4 Å². The van der Waals surface area contributed by atoms with Gasteiger partial charge in [0.05, 0.1) is 6.10 Å². The molecule has 0 fully saturated rings. The molecule has 0 saturated heterocycles. The van der Waals surface area contributed by atoms with Gasteiger partial charge in [0, 0.05) is 19.0 Å². The largest absolute Gasteiger partial charge is 0.392 e. The van der Waals surface area contributed by atoms with Gasteiger partial charge >= 0.3 is 0 Å². The Morgan fingerprint density at radius 1 is 1.83 bits per heavy atom. The fraction of sp³-hybridized carbons (Fsp3) is 0.571. The van der Waals surface area contributed by atoms with Crippen molar-refractivity contribution in [1.82, 2.24) is 4.98 Å². The Kier molecular flexibility index (Phi) is 3.31. The molecule has 0 aliphatic rings. The van der Waals surface area contributed by atoms with Gasteiger partial charge in [-0.1, -0.05) is 11.6 Å². The lowest BCUT2D eigenvalue weighted by Gasteiger charge is -2.17. The summed E-state index contributed by atoms with van der Waals surface area (Å²) in [6.07, 6.45) is -0.351. The van der Waals surface area contributed by atoms with Gasteiger partial charge < -0.3 is 10.0 Å². The first-order chi connectivity index (χ1) is 5.59. The number of thiazole rings is 1. The zero-order chi connectivity index (χ0) is 9.14. The molecule has 0 aliphatic heterocycles. The lowest BCUT2D eigenvalue weighted by atomic mass is 10.4. The van der Waals surface area contributed by atoms with E-state index < -0.39 is 0 Å². The summed E-state index contributed by atoms with van der Waals surface area (Å²) in [7, 11) is 1.87. The minimum Gasteiger partial charge on any atom is -0.392 e. The predicted molar refractivity (Wildman–Crippen MR) is 52.1 cm³/mol. The van der Waals surface area contributed by atoms with Crippen molar-refractivity contribution >= 4 is 28.8 Å². The van der Waals surface area contributed by atoms with E-state index in [1.165, 1.54) is 11.3 Å². The highest BCUT2D eigenvalue weighted by molar-refractivity contribution is 7.14. The Morgan fingerprint density at radius 3 is 2.92 bits per heavy atom. The van der Waals surface area contributed by atoms with Crippen LogP contribution in [0.1, 0.15) is 6.92 Å². The fourth-order valence-corrected chi connectivity index (χ4v) is 1.71. The number of aliphatic hydroxyl groups excluding tert-OH is 1. The first-order valence-corrected chi connectivity index (χ1v) is 4.85. The molecular formula is C7H11ClN2OS. The zero-order valence-corrected chi connectivity index (χ0v) is 8.56. The molecule has 0 amide bonds. The van der Waals surface area contributed by atoms with E-state index in [9.17, 15) is 0 Å². The van der Waals surface area contributed by atoms with Crippen LogP contribution in [0, 0.1) is 0 Å². The molecule has 0 aliphatic carbocycles. The smallest absolute Gasteiger partial charge is 0.185 e. The van der Waals surface area contributed by atoms with Gasteiger partial charge in [0.2, 0.25) is 0 Å². The Morgan fingerprint density at radius 2 is 2.50 bits per heavy atom. The van der Waals surface area contributed by atoms with E-state index in [1.807, 2.05) is 17.3 Å². The molecule has 0 radical (unpaired) electrons. The van der Waals surface area contributed by atoms with Gasteiger partial charge in [0.15, 0.2) is 4.47 Å². The molecule has 3 nitrogen and oxygen atoms in total. The Bertz CT molecular complexity index is 251. The van der Waals surface area contributed by atoms with Gasteiger partial charge in [-0.05, 0) is 6.92 Å². The highest BCUT2D eigenvalue weighted by Crippen LogP contribution is 2.21. The monoisotopic (exact) mass is 206 g/mol. The van der Waals surface area contributed by atoms with E-state index in [0.717, 1.165) is 5.82 Å². The van der Waals surface area contributed by atoms with Gasteiger partial charge in [-0.2, -0.15) is 0 Å². The molecule has 1 heterocycles. The molecule has 0 spiro atoms. The van der Waals surface area contributed by atoms with Crippen LogP contribution in [-0.2, 0) is 0 Å². The summed E-state index contributed by atoms with van der Waals surface area (Å²) < 4.78 is 0.530. The van der Waals surface area contributed by atoms with E-state index in [4.69, 9.17) is 16.7 Å². The number of likely N-dealkylation sites (N-methyl/N-ethyl adjacent to an activating group) is 1. The molecular weight excluding hydrogens is 196 g/mol. The summed E-state index contributed by atoms with van der Waals surface area (Å²) in [6.45, 7) is 2.31. The summed E-state index contributed by atoms with van der Waals surface area (Å²) in [4.78, 5) is 5.93. The highest BCUT2D eigenvalue weighted by Gasteiger charge is 2.07. The second-order valence-corrected chi connectivity index (χ2v) is 4.13. The molecule has 0 aromatic carbocycles. The average Bonchev–Trinajstić information content (AvgIpc) is 2.34. The SMILES string of the molecule is C[C@@H](O)CN(C)c1csc(Cl)n1. The summed E-state index contributed by atoms with van der Waals surface area (Å²) in [5.41, 5.74) is 0. The maximum Gasteiger partial charge on any atom is 0.185 e. The van der Waals surface area contributed by atoms with Gasteiger partial charge in [0.1, 0.15) is 5.82 Å². The number of hydrogen-bond acceptors (Lipinski definition) is 4. The van der Waals surface area contributed by atoms with Gasteiger partial charge in [-0.15, -0.1) is 11.3 Å². The zero-order valence-electron chi connectivity index (χ0n) is 6.99. The van der Waals surface area contributed by atoms with E-state index in [1.54, 1.807) is 6.92 Å². The Labute approximate surface area is 80.6 Å². The van der Waals surface area contributed by atoms with Crippen LogP contribution in [0.2, 0.25) is 4.47 Å². The van der Waals surface area contributed by atoms with Crippen LogP contribution < -0.4 is 4.90 Å². The standard InChI is InChI=1S/C7H11ClN2OS/c1-5(11)3-10(2)6-4-12-7(8)9-6/h4-5,11H,3H2,1-2H3/t5-/m1/s1. The van der Waals surface area contributed by atoms with Crippen molar-refractivity contribution in [2.75, 3.05) is 18.5 Å². The second-order valence-electron chi connectivity index (χ2n) is 2.69.